The van der Waals surface area contributed by atoms with Crippen LogP contribution in [0.15, 0.2) is 60.8 Å². The number of para-hydroxylation sites is 1. The van der Waals surface area contributed by atoms with Gasteiger partial charge in [0.25, 0.3) is 0 Å². The maximum Gasteiger partial charge on any atom is 0.243 e. The first-order chi connectivity index (χ1) is 29.6. The number of carbonyl (C=O) groups excluding carboxylic acids is 10. The number of aromatic nitrogens is 1. The SMILES string of the molecule is CC(=O)NCC(=O)NC1CCCNC(=O)CCC(C(N)=O)NC(=O)[C@H](Cc2c[nH]c3ccccc23)NC(=O)CNC(=O)C(Cc2ccccc2)NC(=O)[C@H](CCC(N)=O)NC1=O. The molecule has 332 valence electrons. The molecule has 0 aliphatic carbocycles. The molecule has 5 atom stereocenters. The number of hydrogen-bond donors (Lipinski definition) is 11. The Balaban J connectivity index is 1.65. The van der Waals surface area contributed by atoms with Crippen LogP contribution in [-0.2, 0) is 60.8 Å². The number of primary amides is 2. The Labute approximate surface area is 356 Å². The Kier molecular flexibility index (Phi) is 17.9. The van der Waals surface area contributed by atoms with Crippen LogP contribution in [0.4, 0.5) is 0 Å². The average Bonchev–Trinajstić information content (AvgIpc) is 3.64. The molecule has 2 heterocycles. The molecule has 0 saturated carbocycles. The van der Waals surface area contributed by atoms with Crippen LogP contribution in [0.25, 0.3) is 10.9 Å². The molecular weight excluding hydrogens is 807 g/mol. The van der Waals surface area contributed by atoms with Crippen LogP contribution in [-0.4, -0.2) is 114 Å². The molecule has 10 amide bonds. The van der Waals surface area contributed by atoms with Crippen LogP contribution < -0.4 is 54.0 Å². The first-order valence-corrected chi connectivity index (χ1v) is 20.0. The number of nitrogens with one attached hydrogen (secondary N) is 9. The molecule has 1 aromatic heterocycles. The van der Waals surface area contributed by atoms with Gasteiger partial charge in [0.05, 0.1) is 13.1 Å². The number of nitrogens with two attached hydrogens (primary N) is 2. The monoisotopic (exact) mass is 859 g/mol. The largest absolute Gasteiger partial charge is 0.370 e. The normalized spacial score (nSPS) is 21.5. The van der Waals surface area contributed by atoms with Crippen molar-refractivity contribution in [3.8, 4) is 0 Å². The minimum absolute atomic E-state index is 0.0155. The van der Waals surface area contributed by atoms with Crippen LogP contribution in [0.1, 0.15) is 56.6 Å². The van der Waals surface area contributed by atoms with E-state index in [4.69, 9.17) is 11.5 Å². The summed E-state index contributed by atoms with van der Waals surface area (Å²) in [7, 11) is 0. The lowest BCUT2D eigenvalue weighted by Gasteiger charge is -2.25. The maximum atomic E-state index is 13.9. The van der Waals surface area contributed by atoms with E-state index >= 15 is 0 Å². The van der Waals surface area contributed by atoms with Gasteiger partial charge in [0.15, 0.2) is 0 Å². The van der Waals surface area contributed by atoms with Crippen molar-refractivity contribution >= 4 is 70.0 Å². The lowest BCUT2D eigenvalue weighted by atomic mass is 10.0. The molecule has 21 nitrogen and oxygen atoms in total. The fourth-order valence-corrected chi connectivity index (χ4v) is 6.60. The van der Waals surface area contributed by atoms with Gasteiger partial charge in [-0.05, 0) is 42.9 Å². The van der Waals surface area contributed by atoms with Gasteiger partial charge in [0.1, 0.15) is 30.2 Å². The van der Waals surface area contributed by atoms with Gasteiger partial charge >= 0.3 is 0 Å². The zero-order chi connectivity index (χ0) is 45.2. The van der Waals surface area contributed by atoms with Crippen molar-refractivity contribution in [3.63, 3.8) is 0 Å². The molecule has 21 heteroatoms. The topological polar surface area (TPSA) is 335 Å². The number of rotatable bonds is 11. The van der Waals surface area contributed by atoms with Gasteiger partial charge in [-0.2, -0.15) is 0 Å². The van der Waals surface area contributed by atoms with Crippen LogP contribution in [0, 0.1) is 0 Å². The number of aromatic amines is 1. The molecule has 0 bridgehead atoms. The molecule has 2 aromatic carbocycles. The molecule has 1 aliphatic rings. The first-order valence-electron chi connectivity index (χ1n) is 20.0. The fourth-order valence-electron chi connectivity index (χ4n) is 6.60. The van der Waals surface area contributed by atoms with Crippen molar-refractivity contribution in [1.29, 1.82) is 0 Å². The minimum atomic E-state index is -1.46. The molecule has 1 saturated heterocycles. The molecule has 62 heavy (non-hydrogen) atoms. The third kappa shape index (κ3) is 15.4. The second kappa shape index (κ2) is 23.5. The van der Waals surface area contributed by atoms with Gasteiger partial charge in [-0.25, -0.2) is 0 Å². The maximum absolute atomic E-state index is 13.9. The molecule has 0 spiro atoms. The molecule has 4 rings (SSSR count). The van der Waals surface area contributed by atoms with E-state index in [2.05, 4.69) is 47.5 Å². The highest BCUT2D eigenvalue weighted by molar-refractivity contribution is 5.97. The summed E-state index contributed by atoms with van der Waals surface area (Å²) in [6, 6.07) is 9.10. The summed E-state index contributed by atoms with van der Waals surface area (Å²) in [5, 5.41) is 21.0. The van der Waals surface area contributed by atoms with E-state index < -0.39 is 102 Å². The summed E-state index contributed by atoms with van der Waals surface area (Å²) in [6.45, 7) is 0.0345. The Morgan fingerprint density at radius 1 is 0.726 bits per heavy atom. The first kappa shape index (κ1) is 47.4. The zero-order valence-corrected chi connectivity index (χ0v) is 34.2. The second-order valence-electron chi connectivity index (χ2n) is 14.7. The summed E-state index contributed by atoms with van der Waals surface area (Å²) < 4.78 is 0. The predicted octanol–water partition coefficient (Wildman–Crippen LogP) is -2.93. The Morgan fingerprint density at radius 3 is 2.11 bits per heavy atom. The van der Waals surface area contributed by atoms with E-state index in [0.29, 0.717) is 11.1 Å². The van der Waals surface area contributed by atoms with Crippen LogP contribution in [0.2, 0.25) is 0 Å². The van der Waals surface area contributed by atoms with Crippen LogP contribution in [0.5, 0.6) is 0 Å². The van der Waals surface area contributed by atoms with Crippen molar-refractivity contribution in [2.75, 3.05) is 19.6 Å². The molecule has 0 radical (unpaired) electrons. The van der Waals surface area contributed by atoms with E-state index in [1.807, 2.05) is 18.2 Å². The summed E-state index contributed by atoms with van der Waals surface area (Å²) in [5.41, 5.74) is 13.0. The lowest BCUT2D eigenvalue weighted by Crippen LogP contribution is -2.58. The molecular formula is C41H53N11O10. The van der Waals surface area contributed by atoms with Crippen molar-refractivity contribution in [3.05, 3.63) is 71.9 Å². The van der Waals surface area contributed by atoms with Gasteiger partial charge < -0.3 is 59.0 Å². The number of H-pyrrole nitrogens is 1. The van der Waals surface area contributed by atoms with Crippen LogP contribution >= 0.6 is 0 Å². The summed E-state index contributed by atoms with van der Waals surface area (Å²) in [6.07, 6.45) is 0.421. The average molecular weight is 860 g/mol. The minimum Gasteiger partial charge on any atom is -0.370 e. The smallest absolute Gasteiger partial charge is 0.243 e. The summed E-state index contributed by atoms with van der Waals surface area (Å²) in [5.74, 6) is -7.70. The van der Waals surface area contributed by atoms with E-state index in [0.717, 1.165) is 10.9 Å². The predicted molar refractivity (Wildman–Crippen MR) is 223 cm³/mol. The molecule has 3 aromatic rings. The van der Waals surface area contributed by atoms with Crippen molar-refractivity contribution < 1.29 is 47.9 Å². The Morgan fingerprint density at radius 2 is 1.40 bits per heavy atom. The summed E-state index contributed by atoms with van der Waals surface area (Å²) in [4.78, 5) is 133. The van der Waals surface area contributed by atoms with Gasteiger partial charge in [-0.3, -0.25) is 47.9 Å². The van der Waals surface area contributed by atoms with E-state index in [1.54, 1.807) is 42.6 Å². The van der Waals surface area contributed by atoms with Crippen molar-refractivity contribution in [2.45, 2.75) is 88.5 Å². The number of carbonyl (C=O) groups is 10. The van der Waals surface area contributed by atoms with E-state index in [9.17, 15) is 47.9 Å². The van der Waals surface area contributed by atoms with E-state index in [1.165, 1.54) is 6.92 Å². The quantitative estimate of drug-likeness (QED) is 0.0933. The standard InChI is InChI=1S/C41H53N11O10/c1-23(53)45-21-35(56)48-29-12-7-17-44-34(55)16-14-28(37(43)58)50-41(62)32(19-25-20-46-27-11-6-5-10-26(25)27)49-36(57)22-47-38(59)31(18-24-8-3-2-4-9-24)52-40(61)30(51-39(29)60)13-15-33(42)54/h2-6,8-11,20,28-32,46H,7,12-19,21-22H2,1H3,(H2,42,54)(H2,43,58)(H,44,55)(H,45,53)(H,47,59)(H,48,56)(H,49,57)(H,50,62)(H,51,60)(H,52,61)/t28?,29?,30-,31?,32-/m0/s1. The second-order valence-corrected chi connectivity index (χ2v) is 14.7. The Bertz CT molecular complexity index is 2130. The number of hydrogen-bond acceptors (Lipinski definition) is 10. The molecule has 1 aliphatic heterocycles. The third-order valence-corrected chi connectivity index (χ3v) is 9.86. The number of amides is 10. The lowest BCUT2D eigenvalue weighted by molar-refractivity contribution is -0.134. The highest BCUT2D eigenvalue weighted by Crippen LogP contribution is 2.19. The van der Waals surface area contributed by atoms with Crippen molar-refractivity contribution in [2.24, 2.45) is 11.5 Å². The third-order valence-electron chi connectivity index (χ3n) is 9.86. The number of benzene rings is 2. The highest BCUT2D eigenvalue weighted by atomic mass is 16.2. The number of fused-ring (bicyclic) bond motifs is 1. The zero-order valence-electron chi connectivity index (χ0n) is 34.2. The van der Waals surface area contributed by atoms with Gasteiger partial charge in [0, 0.05) is 56.3 Å². The fraction of sp³-hybridized carbons (Fsp3) is 0.415. The van der Waals surface area contributed by atoms with Gasteiger partial charge in [-0.15, -0.1) is 0 Å². The highest BCUT2D eigenvalue weighted by Gasteiger charge is 2.32. The molecule has 13 N–H and O–H groups in total. The van der Waals surface area contributed by atoms with Gasteiger partial charge in [0.2, 0.25) is 59.1 Å². The van der Waals surface area contributed by atoms with Gasteiger partial charge in [-0.1, -0.05) is 48.5 Å². The van der Waals surface area contributed by atoms with E-state index in [-0.39, 0.29) is 57.9 Å². The van der Waals surface area contributed by atoms with Crippen molar-refractivity contribution in [1.82, 2.24) is 47.5 Å². The molecule has 3 unspecified atom stereocenters. The van der Waals surface area contributed by atoms with Crippen LogP contribution in [0.3, 0.4) is 0 Å². The Hall–Kier alpha value is -7.32. The molecule has 1 fully saturated rings. The summed E-state index contributed by atoms with van der Waals surface area (Å²) >= 11 is 0.